The van der Waals surface area contributed by atoms with Crippen molar-refractivity contribution >= 4 is 11.6 Å². The molecule has 5 nitrogen and oxygen atoms in total. The summed E-state index contributed by atoms with van der Waals surface area (Å²) in [5.74, 6) is 4.93. The Kier molecular flexibility index (Phi) is 3.44. The van der Waals surface area contributed by atoms with Crippen LogP contribution in [0.5, 0.6) is 5.75 Å². The minimum Gasteiger partial charge on any atom is -0.490 e. The highest BCUT2D eigenvalue weighted by molar-refractivity contribution is 5.63. The van der Waals surface area contributed by atoms with Crippen LogP contribution in [0.25, 0.3) is 0 Å². The van der Waals surface area contributed by atoms with Crippen LogP contribution in [-0.2, 0) is 0 Å². The standard InChI is InChI=1S/C14H22N4O/c1-15-13-12(19-2)14(18-8-17-13)16-7-11(9-3-4-9)10-5-6-10/h8-11H,3-7H2,1-2H3,(H2,15,16,17,18). The Bertz CT molecular complexity index is 431. The third-order valence-electron chi connectivity index (χ3n) is 4.20. The molecule has 0 unspecified atom stereocenters. The van der Waals surface area contributed by atoms with Gasteiger partial charge in [-0.1, -0.05) is 0 Å². The number of methoxy groups -OCH3 is 1. The van der Waals surface area contributed by atoms with E-state index >= 15 is 0 Å². The molecule has 1 aromatic heterocycles. The van der Waals surface area contributed by atoms with E-state index in [9.17, 15) is 0 Å². The van der Waals surface area contributed by atoms with Crippen molar-refractivity contribution in [1.82, 2.24) is 9.97 Å². The quantitative estimate of drug-likeness (QED) is 0.790. The van der Waals surface area contributed by atoms with Crippen molar-refractivity contribution in [1.29, 1.82) is 0 Å². The van der Waals surface area contributed by atoms with E-state index in [4.69, 9.17) is 4.74 Å². The van der Waals surface area contributed by atoms with Gasteiger partial charge >= 0.3 is 0 Å². The van der Waals surface area contributed by atoms with Gasteiger partial charge in [0.1, 0.15) is 6.33 Å². The van der Waals surface area contributed by atoms with E-state index in [1.54, 1.807) is 13.4 Å². The van der Waals surface area contributed by atoms with E-state index in [1.807, 2.05) is 7.05 Å². The Morgan fingerprint density at radius 1 is 1.21 bits per heavy atom. The fourth-order valence-corrected chi connectivity index (χ4v) is 2.85. The van der Waals surface area contributed by atoms with Gasteiger partial charge in [-0.25, -0.2) is 9.97 Å². The summed E-state index contributed by atoms with van der Waals surface area (Å²) < 4.78 is 5.40. The van der Waals surface area contributed by atoms with Crippen LogP contribution in [0.2, 0.25) is 0 Å². The summed E-state index contributed by atoms with van der Waals surface area (Å²) in [7, 11) is 3.50. The predicted octanol–water partition coefficient (Wildman–Crippen LogP) is 2.38. The molecule has 1 heterocycles. The zero-order valence-electron chi connectivity index (χ0n) is 11.6. The Labute approximate surface area is 114 Å². The average molecular weight is 262 g/mol. The van der Waals surface area contributed by atoms with Gasteiger partial charge in [-0.3, -0.25) is 0 Å². The highest BCUT2D eigenvalue weighted by Crippen LogP contribution is 2.49. The SMILES string of the molecule is CNc1ncnc(NCC(C2CC2)C2CC2)c1OC. The van der Waals surface area contributed by atoms with Crippen molar-refractivity contribution in [2.24, 2.45) is 17.8 Å². The Balaban J connectivity index is 1.68. The number of hydrogen-bond donors (Lipinski definition) is 2. The third kappa shape index (κ3) is 2.74. The van der Waals surface area contributed by atoms with Gasteiger partial charge in [-0.2, -0.15) is 0 Å². The Morgan fingerprint density at radius 3 is 2.37 bits per heavy atom. The molecule has 2 saturated carbocycles. The van der Waals surface area contributed by atoms with Crippen LogP contribution in [0.4, 0.5) is 11.6 Å². The molecule has 1 aromatic rings. The summed E-state index contributed by atoms with van der Waals surface area (Å²) in [5, 5.41) is 6.49. The highest BCUT2D eigenvalue weighted by atomic mass is 16.5. The smallest absolute Gasteiger partial charge is 0.204 e. The summed E-state index contributed by atoms with van der Waals surface area (Å²) in [6, 6.07) is 0. The second-order valence-electron chi connectivity index (χ2n) is 5.57. The first-order chi connectivity index (χ1) is 9.33. The van der Waals surface area contributed by atoms with Crippen molar-refractivity contribution in [2.75, 3.05) is 31.3 Å². The van der Waals surface area contributed by atoms with Crippen molar-refractivity contribution < 1.29 is 4.74 Å². The van der Waals surface area contributed by atoms with E-state index in [-0.39, 0.29) is 0 Å². The van der Waals surface area contributed by atoms with E-state index < -0.39 is 0 Å². The van der Waals surface area contributed by atoms with Crippen LogP contribution in [0.15, 0.2) is 6.33 Å². The summed E-state index contributed by atoms with van der Waals surface area (Å²) in [6.45, 7) is 1.01. The number of anilines is 2. The normalized spacial score (nSPS) is 18.5. The van der Waals surface area contributed by atoms with Gasteiger partial charge in [0.25, 0.3) is 0 Å². The zero-order valence-corrected chi connectivity index (χ0v) is 11.6. The van der Waals surface area contributed by atoms with Crippen LogP contribution < -0.4 is 15.4 Å². The second kappa shape index (κ2) is 5.23. The molecule has 19 heavy (non-hydrogen) atoms. The molecule has 2 fully saturated rings. The molecule has 0 aliphatic heterocycles. The maximum atomic E-state index is 5.40. The number of hydrogen-bond acceptors (Lipinski definition) is 5. The highest BCUT2D eigenvalue weighted by Gasteiger charge is 2.41. The largest absolute Gasteiger partial charge is 0.490 e. The Hall–Kier alpha value is -1.52. The van der Waals surface area contributed by atoms with Crippen LogP contribution in [0, 0.1) is 17.8 Å². The van der Waals surface area contributed by atoms with E-state index in [2.05, 4.69) is 20.6 Å². The van der Waals surface area contributed by atoms with Gasteiger partial charge in [-0.05, 0) is 43.4 Å². The fourth-order valence-electron chi connectivity index (χ4n) is 2.85. The van der Waals surface area contributed by atoms with E-state index in [0.717, 1.165) is 35.9 Å². The zero-order chi connectivity index (χ0) is 13.2. The molecule has 0 atom stereocenters. The van der Waals surface area contributed by atoms with Crippen LogP contribution >= 0.6 is 0 Å². The molecule has 0 spiro atoms. The summed E-state index contributed by atoms with van der Waals surface area (Å²) in [4.78, 5) is 8.47. The molecule has 104 valence electrons. The molecule has 2 N–H and O–H groups in total. The van der Waals surface area contributed by atoms with Crippen LogP contribution in [0.3, 0.4) is 0 Å². The van der Waals surface area contributed by atoms with Crippen molar-refractivity contribution in [3.8, 4) is 5.75 Å². The number of nitrogens with zero attached hydrogens (tertiary/aromatic N) is 2. The topological polar surface area (TPSA) is 59.1 Å². The maximum absolute atomic E-state index is 5.40. The monoisotopic (exact) mass is 262 g/mol. The van der Waals surface area contributed by atoms with E-state index in [1.165, 1.54) is 25.7 Å². The van der Waals surface area contributed by atoms with Crippen LogP contribution in [0.1, 0.15) is 25.7 Å². The molecule has 2 aliphatic carbocycles. The molecular formula is C14H22N4O. The molecule has 3 rings (SSSR count). The lowest BCUT2D eigenvalue weighted by Crippen LogP contribution is -2.19. The van der Waals surface area contributed by atoms with Crippen molar-refractivity contribution in [2.45, 2.75) is 25.7 Å². The fraction of sp³-hybridized carbons (Fsp3) is 0.714. The summed E-state index contributed by atoms with van der Waals surface area (Å²) in [5.41, 5.74) is 0. The molecule has 0 aromatic carbocycles. The second-order valence-corrected chi connectivity index (χ2v) is 5.57. The lowest BCUT2D eigenvalue weighted by atomic mass is 9.98. The lowest BCUT2D eigenvalue weighted by Gasteiger charge is -2.18. The van der Waals surface area contributed by atoms with Crippen molar-refractivity contribution in [3.05, 3.63) is 6.33 Å². The summed E-state index contributed by atoms with van der Waals surface area (Å²) in [6.07, 6.45) is 7.20. The van der Waals surface area contributed by atoms with Gasteiger partial charge in [0, 0.05) is 13.6 Å². The first-order valence-corrected chi connectivity index (χ1v) is 7.14. The predicted molar refractivity (Wildman–Crippen MR) is 75.6 cm³/mol. The molecule has 0 bridgehead atoms. The number of rotatable bonds is 7. The minimum absolute atomic E-state index is 0.704. The molecular weight excluding hydrogens is 240 g/mol. The molecule has 0 amide bonds. The van der Waals surface area contributed by atoms with Crippen LogP contribution in [-0.4, -0.2) is 30.7 Å². The van der Waals surface area contributed by atoms with Gasteiger partial charge in [0.15, 0.2) is 11.6 Å². The van der Waals surface area contributed by atoms with E-state index in [0.29, 0.717) is 5.75 Å². The van der Waals surface area contributed by atoms with Gasteiger partial charge in [0.05, 0.1) is 7.11 Å². The number of nitrogens with one attached hydrogen (secondary N) is 2. The maximum Gasteiger partial charge on any atom is 0.204 e. The first kappa shape index (κ1) is 12.5. The van der Waals surface area contributed by atoms with Gasteiger partial charge in [0.2, 0.25) is 5.75 Å². The molecule has 0 saturated heterocycles. The minimum atomic E-state index is 0.704. The molecule has 0 radical (unpaired) electrons. The number of aromatic nitrogens is 2. The van der Waals surface area contributed by atoms with Gasteiger partial charge in [-0.15, -0.1) is 0 Å². The van der Waals surface area contributed by atoms with Crippen molar-refractivity contribution in [3.63, 3.8) is 0 Å². The lowest BCUT2D eigenvalue weighted by molar-refractivity contribution is 0.409. The molecule has 2 aliphatic rings. The third-order valence-corrected chi connectivity index (χ3v) is 4.20. The average Bonchev–Trinajstić information content (AvgIpc) is 3.30. The van der Waals surface area contributed by atoms with Gasteiger partial charge < -0.3 is 15.4 Å². The molecule has 5 heteroatoms. The first-order valence-electron chi connectivity index (χ1n) is 7.14. The Morgan fingerprint density at radius 2 is 1.84 bits per heavy atom. The summed E-state index contributed by atoms with van der Waals surface area (Å²) >= 11 is 0. The number of ether oxygens (including phenoxy) is 1.